The van der Waals surface area contributed by atoms with Crippen LogP contribution in [0.15, 0.2) is 158 Å². The smallest absolute Gasteiger partial charge is 0.0165 e. The molecule has 0 bridgehead atoms. The molecule has 0 aliphatic heterocycles. The van der Waals surface area contributed by atoms with Crippen LogP contribution in [0, 0.1) is 0 Å². The van der Waals surface area contributed by atoms with E-state index in [-0.39, 0.29) is 5.41 Å². The monoisotopic (exact) mass is 620 g/mol. The molecule has 228 valence electrons. The number of hydrogen-bond acceptors (Lipinski definition) is 0. The average Bonchev–Trinajstić information content (AvgIpc) is 3.41. The Morgan fingerprint density at radius 2 is 0.939 bits per heavy atom. The third kappa shape index (κ3) is 3.58. The van der Waals surface area contributed by atoms with Crippen LogP contribution in [0.2, 0.25) is 0 Å². The molecule has 11 rings (SSSR count). The maximum Gasteiger partial charge on any atom is 0.0165 e. The predicted octanol–water partition coefficient (Wildman–Crippen LogP) is 13.7. The molecule has 0 saturated carbocycles. The third-order valence-corrected chi connectivity index (χ3v) is 11.6. The lowest BCUT2D eigenvalue weighted by Gasteiger charge is -2.24. The quantitative estimate of drug-likeness (QED) is 0.169. The minimum absolute atomic E-state index is 0.110. The zero-order chi connectivity index (χ0) is 32.4. The topological polar surface area (TPSA) is 0 Å². The van der Waals surface area contributed by atoms with Gasteiger partial charge in [-0.05, 0) is 115 Å². The fourth-order valence-electron chi connectivity index (χ4n) is 9.30. The Hall–Kier alpha value is -5.98. The maximum absolute atomic E-state index is 2.43. The molecule has 0 aromatic heterocycles. The van der Waals surface area contributed by atoms with Crippen molar-refractivity contribution in [3.05, 3.63) is 169 Å². The van der Waals surface area contributed by atoms with Crippen LogP contribution in [0.3, 0.4) is 0 Å². The van der Waals surface area contributed by atoms with Gasteiger partial charge in [-0.15, -0.1) is 0 Å². The van der Waals surface area contributed by atoms with Gasteiger partial charge >= 0.3 is 0 Å². The van der Waals surface area contributed by atoms with Crippen molar-refractivity contribution >= 4 is 64.6 Å². The van der Waals surface area contributed by atoms with Crippen LogP contribution in [0.25, 0.3) is 98.0 Å². The van der Waals surface area contributed by atoms with Crippen molar-refractivity contribution in [2.24, 2.45) is 0 Å². The number of rotatable bonds is 2. The summed E-state index contributed by atoms with van der Waals surface area (Å²) < 4.78 is 0. The second kappa shape index (κ2) is 9.56. The molecule has 0 unspecified atom stereocenters. The van der Waals surface area contributed by atoms with E-state index in [1.54, 1.807) is 0 Å². The van der Waals surface area contributed by atoms with Crippen LogP contribution < -0.4 is 0 Å². The summed E-state index contributed by atoms with van der Waals surface area (Å²) >= 11 is 0. The summed E-state index contributed by atoms with van der Waals surface area (Å²) in [5.41, 5.74) is 10.6. The van der Waals surface area contributed by atoms with E-state index < -0.39 is 0 Å². The summed E-state index contributed by atoms with van der Waals surface area (Å²) in [4.78, 5) is 0. The highest BCUT2D eigenvalue weighted by Gasteiger charge is 2.39. The first-order valence-corrected chi connectivity index (χ1v) is 17.4. The molecule has 0 N–H and O–H groups in total. The van der Waals surface area contributed by atoms with Crippen molar-refractivity contribution < 1.29 is 0 Å². The van der Waals surface area contributed by atoms with E-state index >= 15 is 0 Å². The van der Waals surface area contributed by atoms with Crippen molar-refractivity contribution in [3.8, 4) is 33.4 Å². The SMILES string of the molecule is CC1(C)c2ccc3ccccc3c2-c2c1c1ccc(-c3ccc(-c4ccc5ccc6cccc7ccc4c5c67)cc3)cc1c1ccccc21. The number of hydrogen-bond donors (Lipinski definition) is 0. The van der Waals surface area contributed by atoms with E-state index in [1.165, 1.54) is 109 Å². The number of fused-ring (bicyclic) bond motifs is 10. The molecule has 0 nitrogen and oxygen atoms in total. The van der Waals surface area contributed by atoms with Gasteiger partial charge in [-0.3, -0.25) is 0 Å². The van der Waals surface area contributed by atoms with E-state index in [1.807, 2.05) is 0 Å². The average molecular weight is 621 g/mol. The van der Waals surface area contributed by atoms with Crippen LogP contribution in [0.1, 0.15) is 25.0 Å². The Morgan fingerprint density at radius 3 is 1.76 bits per heavy atom. The highest BCUT2D eigenvalue weighted by atomic mass is 14.4. The summed E-state index contributed by atoms with van der Waals surface area (Å²) in [6.07, 6.45) is 0. The van der Waals surface area contributed by atoms with Gasteiger partial charge in [0.25, 0.3) is 0 Å². The molecule has 0 heteroatoms. The zero-order valence-electron chi connectivity index (χ0n) is 27.5. The largest absolute Gasteiger partial charge is 0.0616 e. The van der Waals surface area contributed by atoms with E-state index in [2.05, 4.69) is 172 Å². The van der Waals surface area contributed by atoms with Gasteiger partial charge in [-0.25, -0.2) is 0 Å². The molecule has 10 aromatic rings. The molecule has 0 saturated heterocycles. The summed E-state index contributed by atoms with van der Waals surface area (Å²) in [5, 5.41) is 15.9. The summed E-state index contributed by atoms with van der Waals surface area (Å²) in [7, 11) is 0. The Labute approximate surface area is 285 Å². The summed E-state index contributed by atoms with van der Waals surface area (Å²) in [6.45, 7) is 4.82. The Balaban J connectivity index is 1.08. The molecule has 0 amide bonds. The molecule has 0 fully saturated rings. The summed E-state index contributed by atoms with van der Waals surface area (Å²) in [6, 6.07) is 59.2. The van der Waals surface area contributed by atoms with Crippen LogP contribution in [0.5, 0.6) is 0 Å². The van der Waals surface area contributed by atoms with Gasteiger partial charge in [0.15, 0.2) is 0 Å². The molecule has 1 aliphatic rings. The Morgan fingerprint density at radius 1 is 0.347 bits per heavy atom. The van der Waals surface area contributed by atoms with E-state index in [0.717, 1.165) is 0 Å². The van der Waals surface area contributed by atoms with Gasteiger partial charge in [-0.1, -0.05) is 166 Å². The van der Waals surface area contributed by atoms with Gasteiger partial charge in [0, 0.05) is 5.41 Å². The van der Waals surface area contributed by atoms with Crippen molar-refractivity contribution in [3.63, 3.8) is 0 Å². The lowest BCUT2D eigenvalue weighted by molar-refractivity contribution is 0.667. The first kappa shape index (κ1) is 27.0. The van der Waals surface area contributed by atoms with Gasteiger partial charge in [0.1, 0.15) is 0 Å². The van der Waals surface area contributed by atoms with Gasteiger partial charge in [0.05, 0.1) is 0 Å². The van der Waals surface area contributed by atoms with Crippen LogP contribution in [0.4, 0.5) is 0 Å². The molecular formula is C49H32. The first-order valence-electron chi connectivity index (χ1n) is 17.4. The van der Waals surface area contributed by atoms with Crippen molar-refractivity contribution in [2.45, 2.75) is 19.3 Å². The molecule has 0 atom stereocenters. The minimum atomic E-state index is -0.110. The molecule has 0 heterocycles. The van der Waals surface area contributed by atoms with Crippen molar-refractivity contribution in [2.75, 3.05) is 0 Å². The Bertz CT molecular complexity index is 2980. The minimum Gasteiger partial charge on any atom is -0.0616 e. The second-order valence-electron chi connectivity index (χ2n) is 14.4. The van der Waals surface area contributed by atoms with Crippen LogP contribution in [-0.2, 0) is 5.41 Å². The normalized spacial score (nSPS) is 13.7. The maximum atomic E-state index is 2.43. The van der Waals surface area contributed by atoms with Crippen LogP contribution in [-0.4, -0.2) is 0 Å². The predicted molar refractivity (Wildman–Crippen MR) is 211 cm³/mol. The van der Waals surface area contributed by atoms with Gasteiger partial charge in [0.2, 0.25) is 0 Å². The molecule has 10 aromatic carbocycles. The van der Waals surface area contributed by atoms with E-state index in [4.69, 9.17) is 0 Å². The highest BCUT2D eigenvalue weighted by molar-refractivity contribution is 6.26. The van der Waals surface area contributed by atoms with E-state index in [9.17, 15) is 0 Å². The lowest BCUT2D eigenvalue weighted by atomic mass is 9.79. The summed E-state index contributed by atoms with van der Waals surface area (Å²) in [5.74, 6) is 0. The van der Waals surface area contributed by atoms with Crippen LogP contribution >= 0.6 is 0 Å². The van der Waals surface area contributed by atoms with Gasteiger partial charge in [-0.2, -0.15) is 0 Å². The van der Waals surface area contributed by atoms with E-state index in [0.29, 0.717) is 0 Å². The standard InChI is InChI=1S/C49H32/c1-49(2)43-27-23-30-8-3-4-11-37(30)46(43)47-39-13-6-5-12-38(39)42-28-35(22-26-41(42)48(47)49)29-14-16-31(17-15-29)36-24-20-34-19-18-32-9-7-10-33-21-25-40(36)45(34)44(32)33/h3-28H,1-2H3. The molecule has 0 spiro atoms. The highest BCUT2D eigenvalue weighted by Crippen LogP contribution is 2.56. The molecule has 49 heavy (non-hydrogen) atoms. The van der Waals surface area contributed by atoms with Crippen molar-refractivity contribution in [1.29, 1.82) is 0 Å². The van der Waals surface area contributed by atoms with Crippen molar-refractivity contribution in [1.82, 2.24) is 0 Å². The third-order valence-electron chi connectivity index (χ3n) is 11.6. The number of benzene rings is 10. The fourth-order valence-corrected chi connectivity index (χ4v) is 9.30. The molecular weight excluding hydrogens is 589 g/mol. The lowest BCUT2D eigenvalue weighted by Crippen LogP contribution is -2.15. The fraction of sp³-hybridized carbons (Fsp3) is 0.0612. The Kier molecular flexibility index (Phi) is 5.27. The zero-order valence-corrected chi connectivity index (χ0v) is 27.5. The molecule has 1 aliphatic carbocycles. The molecule has 0 radical (unpaired) electrons. The second-order valence-corrected chi connectivity index (χ2v) is 14.4. The first-order chi connectivity index (χ1) is 24.1. The van der Waals surface area contributed by atoms with Gasteiger partial charge < -0.3 is 0 Å².